The third-order valence-electron chi connectivity index (χ3n) is 4.49. The highest BCUT2D eigenvalue weighted by atomic mass is 16.6. The number of hydrogen-bond donors (Lipinski definition) is 2. The van der Waals surface area contributed by atoms with Crippen molar-refractivity contribution in [2.75, 3.05) is 13.2 Å². The van der Waals surface area contributed by atoms with Crippen molar-refractivity contribution in [2.24, 2.45) is 0 Å². The number of rotatable bonds is 7. The van der Waals surface area contributed by atoms with E-state index in [0.717, 1.165) is 11.1 Å². The van der Waals surface area contributed by atoms with E-state index in [1.54, 1.807) is 0 Å². The molecule has 0 amide bonds. The summed E-state index contributed by atoms with van der Waals surface area (Å²) < 4.78 is 5.62. The zero-order valence-corrected chi connectivity index (χ0v) is 14.0. The molecule has 6 heteroatoms. The summed E-state index contributed by atoms with van der Waals surface area (Å²) in [5.41, 5.74) is 2.20. The van der Waals surface area contributed by atoms with Gasteiger partial charge in [-0.1, -0.05) is 60.7 Å². The van der Waals surface area contributed by atoms with Gasteiger partial charge in [-0.15, -0.1) is 0 Å². The fourth-order valence-electron chi connectivity index (χ4n) is 3.14. The second-order valence-corrected chi connectivity index (χ2v) is 6.26. The highest BCUT2D eigenvalue weighted by molar-refractivity contribution is 5.15. The van der Waals surface area contributed by atoms with Crippen molar-refractivity contribution in [1.82, 2.24) is 10.6 Å². The van der Waals surface area contributed by atoms with Gasteiger partial charge in [0.15, 0.2) is 0 Å². The highest BCUT2D eigenvalue weighted by Crippen LogP contribution is 2.14. The monoisotopic (exact) mass is 341 g/mol. The molecule has 3 rings (SSSR count). The molecule has 2 N–H and O–H groups in total. The fraction of sp³-hybridized carbons (Fsp3) is 0.368. The van der Waals surface area contributed by atoms with E-state index in [9.17, 15) is 10.1 Å². The molecule has 6 nitrogen and oxygen atoms in total. The highest BCUT2D eigenvalue weighted by Gasteiger charge is 2.42. The summed E-state index contributed by atoms with van der Waals surface area (Å²) in [6.07, 6.45) is 0. The van der Waals surface area contributed by atoms with Crippen LogP contribution >= 0.6 is 0 Å². The van der Waals surface area contributed by atoms with Gasteiger partial charge in [0.25, 0.3) is 0 Å². The largest absolute Gasteiger partial charge is 0.378 e. The molecule has 0 aromatic heterocycles. The van der Waals surface area contributed by atoms with Gasteiger partial charge in [-0.05, 0) is 11.1 Å². The number of hydrogen-bond acceptors (Lipinski definition) is 5. The third-order valence-corrected chi connectivity index (χ3v) is 4.49. The first kappa shape index (κ1) is 17.5. The first-order valence-electron chi connectivity index (χ1n) is 8.50. The Morgan fingerprint density at radius 3 is 1.72 bits per heavy atom. The first-order chi connectivity index (χ1) is 12.2. The van der Waals surface area contributed by atoms with E-state index in [1.165, 1.54) is 0 Å². The predicted octanol–water partition coefficient (Wildman–Crippen LogP) is 1.98. The van der Waals surface area contributed by atoms with Crippen LogP contribution in [0.5, 0.6) is 0 Å². The maximum atomic E-state index is 11.7. The summed E-state index contributed by atoms with van der Waals surface area (Å²) in [6, 6.07) is 18.4. The Hall–Kier alpha value is -2.28. The van der Waals surface area contributed by atoms with E-state index in [2.05, 4.69) is 10.6 Å². The Morgan fingerprint density at radius 2 is 1.32 bits per heavy atom. The average Bonchev–Trinajstić information content (AvgIpc) is 2.66. The number of nitrogens with one attached hydrogen (secondary N) is 2. The lowest BCUT2D eigenvalue weighted by Gasteiger charge is -2.33. The summed E-state index contributed by atoms with van der Waals surface area (Å²) >= 11 is 0. The standard InChI is InChI=1S/C19H23N3O3/c23-22(24)19-17(20-11-15-7-3-1-4-8-15)13-25-14-18(19)21-12-16-9-5-2-6-10-16/h1-10,17-21H,11-14H2/t17-,18+,19?. The number of ether oxygens (including phenoxy) is 1. The van der Waals surface area contributed by atoms with Gasteiger partial charge in [0.05, 0.1) is 13.2 Å². The van der Waals surface area contributed by atoms with Gasteiger partial charge >= 0.3 is 0 Å². The average molecular weight is 341 g/mol. The van der Waals surface area contributed by atoms with Crippen molar-refractivity contribution in [2.45, 2.75) is 31.2 Å². The molecule has 0 aliphatic carbocycles. The van der Waals surface area contributed by atoms with Crippen LogP contribution in [-0.2, 0) is 17.8 Å². The van der Waals surface area contributed by atoms with E-state index in [0.29, 0.717) is 26.3 Å². The third kappa shape index (κ3) is 4.85. The van der Waals surface area contributed by atoms with E-state index < -0.39 is 6.04 Å². The molecule has 0 bridgehead atoms. The van der Waals surface area contributed by atoms with E-state index in [1.807, 2.05) is 60.7 Å². The first-order valence-corrected chi connectivity index (χ1v) is 8.50. The fourth-order valence-corrected chi connectivity index (χ4v) is 3.14. The van der Waals surface area contributed by atoms with Crippen LogP contribution in [0, 0.1) is 10.1 Å². The van der Waals surface area contributed by atoms with Gasteiger partial charge in [-0.25, -0.2) is 0 Å². The zero-order chi connectivity index (χ0) is 17.5. The molecule has 1 heterocycles. The lowest BCUT2D eigenvalue weighted by Crippen LogP contribution is -2.61. The maximum Gasteiger partial charge on any atom is 0.247 e. The minimum atomic E-state index is -0.721. The molecule has 2 aromatic rings. The van der Waals surface area contributed by atoms with Crippen molar-refractivity contribution < 1.29 is 9.66 Å². The molecule has 0 saturated carbocycles. The minimum Gasteiger partial charge on any atom is -0.378 e. The van der Waals surface area contributed by atoms with Crippen LogP contribution in [0.15, 0.2) is 60.7 Å². The Labute approximate surface area is 147 Å². The molecular formula is C19H23N3O3. The van der Waals surface area contributed by atoms with Crippen molar-refractivity contribution >= 4 is 0 Å². The van der Waals surface area contributed by atoms with E-state index in [4.69, 9.17) is 4.74 Å². The van der Waals surface area contributed by atoms with E-state index in [-0.39, 0.29) is 17.0 Å². The number of nitro groups is 1. The van der Waals surface area contributed by atoms with Crippen molar-refractivity contribution in [1.29, 1.82) is 0 Å². The van der Waals surface area contributed by atoms with Gasteiger partial charge in [0.1, 0.15) is 12.1 Å². The minimum absolute atomic E-state index is 0.187. The Morgan fingerprint density at radius 1 is 0.880 bits per heavy atom. The molecule has 1 saturated heterocycles. The summed E-state index contributed by atoms with van der Waals surface area (Å²) in [5.74, 6) is 0. The molecule has 1 aliphatic heterocycles. The van der Waals surface area contributed by atoms with Crippen molar-refractivity contribution in [3.63, 3.8) is 0 Å². The molecule has 3 atom stereocenters. The molecule has 1 unspecified atom stereocenters. The Balaban J connectivity index is 1.61. The molecule has 25 heavy (non-hydrogen) atoms. The Bertz CT molecular complexity index is 615. The molecule has 132 valence electrons. The summed E-state index contributed by atoms with van der Waals surface area (Å²) in [5, 5.41) is 18.2. The van der Waals surface area contributed by atoms with Crippen LogP contribution in [0.2, 0.25) is 0 Å². The van der Waals surface area contributed by atoms with Crippen LogP contribution in [0.3, 0.4) is 0 Å². The van der Waals surface area contributed by atoms with Crippen LogP contribution in [0.4, 0.5) is 0 Å². The van der Waals surface area contributed by atoms with Crippen LogP contribution in [0.1, 0.15) is 11.1 Å². The van der Waals surface area contributed by atoms with Crippen molar-refractivity contribution in [3.05, 3.63) is 81.9 Å². The maximum absolute atomic E-state index is 11.7. The lowest BCUT2D eigenvalue weighted by atomic mass is 9.98. The van der Waals surface area contributed by atoms with Gasteiger partial charge in [0, 0.05) is 18.0 Å². The van der Waals surface area contributed by atoms with Crippen LogP contribution in [0.25, 0.3) is 0 Å². The SMILES string of the molecule is O=[N+]([O-])C1[C@@H](NCc2ccccc2)COC[C@H]1NCc1ccccc1. The zero-order valence-electron chi connectivity index (χ0n) is 14.0. The topological polar surface area (TPSA) is 76.4 Å². The molecule has 2 aromatic carbocycles. The quantitative estimate of drug-likeness (QED) is 0.595. The van der Waals surface area contributed by atoms with Crippen molar-refractivity contribution in [3.8, 4) is 0 Å². The predicted molar refractivity (Wildman–Crippen MR) is 95.7 cm³/mol. The smallest absolute Gasteiger partial charge is 0.247 e. The molecule has 0 spiro atoms. The second kappa shape index (κ2) is 8.71. The van der Waals surface area contributed by atoms with Gasteiger partial charge in [-0.2, -0.15) is 0 Å². The lowest BCUT2D eigenvalue weighted by molar-refractivity contribution is -0.537. The van der Waals surface area contributed by atoms with Gasteiger partial charge in [-0.3, -0.25) is 10.1 Å². The Kier molecular flexibility index (Phi) is 6.11. The number of benzene rings is 2. The second-order valence-electron chi connectivity index (χ2n) is 6.26. The molecule has 1 fully saturated rings. The van der Waals surface area contributed by atoms with Crippen LogP contribution in [-0.4, -0.2) is 36.3 Å². The molecule has 1 aliphatic rings. The molecular weight excluding hydrogens is 318 g/mol. The van der Waals surface area contributed by atoms with Gasteiger partial charge < -0.3 is 15.4 Å². The number of nitrogens with zero attached hydrogens (tertiary/aromatic N) is 1. The van der Waals surface area contributed by atoms with Crippen LogP contribution < -0.4 is 10.6 Å². The summed E-state index contributed by atoms with van der Waals surface area (Å²) in [7, 11) is 0. The van der Waals surface area contributed by atoms with E-state index >= 15 is 0 Å². The molecule has 0 radical (unpaired) electrons. The normalized spacial score (nSPS) is 23.3. The van der Waals surface area contributed by atoms with Gasteiger partial charge in [0.2, 0.25) is 6.04 Å². The summed E-state index contributed by atoms with van der Waals surface area (Å²) in [6.45, 7) is 1.87. The summed E-state index contributed by atoms with van der Waals surface area (Å²) in [4.78, 5) is 11.5.